The Balaban J connectivity index is 2.05. The van der Waals surface area contributed by atoms with Gasteiger partial charge in [-0.25, -0.2) is 0 Å². The summed E-state index contributed by atoms with van der Waals surface area (Å²) in [5.74, 6) is -0.781. The van der Waals surface area contributed by atoms with Crippen LogP contribution in [0.25, 0.3) is 10.9 Å². The van der Waals surface area contributed by atoms with Crippen LogP contribution in [-0.4, -0.2) is 30.5 Å². The third kappa shape index (κ3) is 2.35. The summed E-state index contributed by atoms with van der Waals surface area (Å²) in [6.07, 6.45) is 0.197. The average molecular weight is 284 g/mol. The van der Waals surface area contributed by atoms with E-state index in [4.69, 9.17) is 4.74 Å². The Morgan fingerprint density at radius 1 is 1.38 bits per heavy atom. The first-order chi connectivity index (χ1) is 10.1. The molecule has 1 aliphatic heterocycles. The van der Waals surface area contributed by atoms with Crippen molar-refractivity contribution in [2.75, 3.05) is 18.6 Å². The van der Waals surface area contributed by atoms with E-state index in [9.17, 15) is 9.59 Å². The molecule has 0 saturated carbocycles. The van der Waals surface area contributed by atoms with Crippen molar-refractivity contribution in [2.24, 2.45) is 5.92 Å². The number of carbonyl (C=O) groups excluding carboxylic acids is 2. The average Bonchev–Trinajstić information content (AvgIpc) is 2.87. The van der Waals surface area contributed by atoms with E-state index in [0.717, 1.165) is 22.3 Å². The summed E-state index contributed by atoms with van der Waals surface area (Å²) < 4.78 is 4.75. The normalized spacial score (nSPS) is 18.3. The smallest absolute Gasteiger partial charge is 0.311 e. The number of fused-ring (bicyclic) bond motifs is 1. The maximum absolute atomic E-state index is 12.3. The van der Waals surface area contributed by atoms with Crippen LogP contribution in [0.4, 0.5) is 5.69 Å². The van der Waals surface area contributed by atoms with Crippen molar-refractivity contribution in [3.8, 4) is 0 Å². The molecule has 21 heavy (non-hydrogen) atoms. The Morgan fingerprint density at radius 3 is 2.90 bits per heavy atom. The van der Waals surface area contributed by atoms with E-state index in [1.54, 1.807) is 4.90 Å². The molecule has 1 saturated heterocycles. The summed E-state index contributed by atoms with van der Waals surface area (Å²) in [7, 11) is 1.35. The summed E-state index contributed by atoms with van der Waals surface area (Å²) in [4.78, 5) is 30.1. The zero-order chi connectivity index (χ0) is 15.0. The van der Waals surface area contributed by atoms with E-state index >= 15 is 0 Å². The lowest BCUT2D eigenvalue weighted by Gasteiger charge is -2.19. The molecular formula is C16H16N2O3. The number of benzene rings is 1. The molecule has 0 aliphatic carbocycles. The van der Waals surface area contributed by atoms with Crippen LogP contribution in [-0.2, 0) is 14.3 Å². The predicted octanol–water partition coefficient (Wildman–Crippen LogP) is 2.07. The lowest BCUT2D eigenvalue weighted by Crippen LogP contribution is -2.26. The number of carbonyl (C=O) groups is 2. The topological polar surface area (TPSA) is 59.5 Å². The minimum absolute atomic E-state index is 0.0545. The third-order valence-corrected chi connectivity index (χ3v) is 3.77. The number of hydrogen-bond donors (Lipinski definition) is 0. The number of esters is 1. The fourth-order valence-electron chi connectivity index (χ4n) is 2.77. The number of para-hydroxylation sites is 1. The highest BCUT2D eigenvalue weighted by Crippen LogP contribution is 2.32. The Labute approximate surface area is 122 Å². The molecule has 0 spiro atoms. The zero-order valence-electron chi connectivity index (χ0n) is 12.0. The van der Waals surface area contributed by atoms with Crippen LogP contribution in [0.15, 0.2) is 30.3 Å². The number of aryl methyl sites for hydroxylation is 1. The van der Waals surface area contributed by atoms with Crippen LogP contribution in [0.3, 0.4) is 0 Å². The molecule has 1 fully saturated rings. The second-order valence-corrected chi connectivity index (χ2v) is 5.23. The van der Waals surface area contributed by atoms with E-state index in [2.05, 4.69) is 4.98 Å². The fourth-order valence-corrected chi connectivity index (χ4v) is 2.77. The highest BCUT2D eigenvalue weighted by Gasteiger charge is 2.36. The van der Waals surface area contributed by atoms with Crippen molar-refractivity contribution in [1.82, 2.24) is 4.98 Å². The minimum atomic E-state index is -0.394. The lowest BCUT2D eigenvalue weighted by molar-refractivity contribution is -0.145. The summed E-state index contributed by atoms with van der Waals surface area (Å²) in [6.45, 7) is 2.26. The quantitative estimate of drug-likeness (QED) is 0.792. The van der Waals surface area contributed by atoms with E-state index in [1.807, 2.05) is 37.3 Å². The number of aromatic nitrogens is 1. The first-order valence-electron chi connectivity index (χ1n) is 6.84. The molecule has 2 heterocycles. The van der Waals surface area contributed by atoms with E-state index in [0.29, 0.717) is 6.54 Å². The van der Waals surface area contributed by atoms with Gasteiger partial charge in [-0.15, -0.1) is 0 Å². The van der Waals surface area contributed by atoms with Crippen LogP contribution >= 0.6 is 0 Å². The number of methoxy groups -OCH3 is 1. The van der Waals surface area contributed by atoms with E-state index < -0.39 is 5.92 Å². The monoisotopic (exact) mass is 284 g/mol. The third-order valence-electron chi connectivity index (χ3n) is 3.77. The Hall–Kier alpha value is -2.43. The Kier molecular flexibility index (Phi) is 3.33. The van der Waals surface area contributed by atoms with Crippen molar-refractivity contribution in [2.45, 2.75) is 13.3 Å². The van der Waals surface area contributed by atoms with Crippen LogP contribution in [0.2, 0.25) is 0 Å². The number of pyridine rings is 1. The number of hydrogen-bond acceptors (Lipinski definition) is 4. The van der Waals surface area contributed by atoms with E-state index in [-0.39, 0.29) is 18.3 Å². The largest absolute Gasteiger partial charge is 0.469 e. The number of anilines is 1. The molecule has 1 aromatic heterocycles. The van der Waals surface area contributed by atoms with Gasteiger partial charge in [0.05, 0.1) is 24.2 Å². The Bertz CT molecular complexity index is 727. The van der Waals surface area contributed by atoms with Crippen LogP contribution in [0, 0.1) is 12.8 Å². The van der Waals surface area contributed by atoms with Gasteiger partial charge in [-0.05, 0) is 19.1 Å². The maximum atomic E-state index is 12.3. The molecular weight excluding hydrogens is 268 g/mol. The highest BCUT2D eigenvalue weighted by atomic mass is 16.5. The number of nitrogens with zero attached hydrogens (tertiary/aromatic N) is 2. The zero-order valence-corrected chi connectivity index (χ0v) is 12.0. The van der Waals surface area contributed by atoms with Gasteiger partial charge in [-0.2, -0.15) is 0 Å². The summed E-state index contributed by atoms with van der Waals surface area (Å²) in [5.41, 5.74) is 2.51. The Morgan fingerprint density at radius 2 is 2.14 bits per heavy atom. The first kappa shape index (κ1) is 13.5. The van der Waals surface area contributed by atoms with Gasteiger partial charge in [0.2, 0.25) is 5.91 Å². The van der Waals surface area contributed by atoms with Gasteiger partial charge in [0.25, 0.3) is 0 Å². The summed E-state index contributed by atoms with van der Waals surface area (Å²) >= 11 is 0. The van der Waals surface area contributed by atoms with Crippen molar-refractivity contribution in [3.05, 3.63) is 36.0 Å². The molecule has 0 N–H and O–H groups in total. The molecule has 3 rings (SSSR count). The van der Waals surface area contributed by atoms with Crippen molar-refractivity contribution < 1.29 is 14.3 Å². The SMILES string of the molecule is COC(=O)C1CC(=O)N(c2cc(C)nc3ccccc23)C1. The minimum Gasteiger partial charge on any atom is -0.469 e. The molecule has 108 valence electrons. The lowest BCUT2D eigenvalue weighted by atomic mass is 10.1. The molecule has 1 aromatic carbocycles. The van der Waals surface area contributed by atoms with Gasteiger partial charge in [-0.1, -0.05) is 18.2 Å². The summed E-state index contributed by atoms with van der Waals surface area (Å²) in [6, 6.07) is 9.59. The van der Waals surface area contributed by atoms with Gasteiger partial charge in [0.15, 0.2) is 0 Å². The van der Waals surface area contributed by atoms with Gasteiger partial charge in [-0.3, -0.25) is 14.6 Å². The van der Waals surface area contributed by atoms with Crippen LogP contribution in [0.1, 0.15) is 12.1 Å². The van der Waals surface area contributed by atoms with Gasteiger partial charge < -0.3 is 9.64 Å². The van der Waals surface area contributed by atoms with Gasteiger partial charge in [0, 0.05) is 24.0 Å². The standard InChI is InChI=1S/C16H16N2O3/c1-10-7-14(12-5-3-4-6-13(12)17-10)18-9-11(8-15(18)19)16(20)21-2/h3-7,11H,8-9H2,1-2H3. The number of ether oxygens (including phenoxy) is 1. The predicted molar refractivity (Wildman–Crippen MR) is 79.0 cm³/mol. The van der Waals surface area contributed by atoms with Crippen molar-refractivity contribution in [3.63, 3.8) is 0 Å². The maximum Gasteiger partial charge on any atom is 0.311 e. The molecule has 1 aliphatic rings. The molecule has 0 radical (unpaired) electrons. The van der Waals surface area contributed by atoms with E-state index in [1.165, 1.54) is 7.11 Å². The molecule has 5 nitrogen and oxygen atoms in total. The highest BCUT2D eigenvalue weighted by molar-refractivity contribution is 6.05. The molecule has 5 heteroatoms. The van der Waals surface area contributed by atoms with Crippen molar-refractivity contribution >= 4 is 28.5 Å². The van der Waals surface area contributed by atoms with Crippen LogP contribution < -0.4 is 4.90 Å². The summed E-state index contributed by atoms with van der Waals surface area (Å²) in [5, 5.41) is 0.918. The second kappa shape index (κ2) is 5.16. The molecule has 1 atom stereocenters. The fraction of sp³-hybridized carbons (Fsp3) is 0.312. The molecule has 1 amide bonds. The number of amides is 1. The number of rotatable bonds is 2. The molecule has 2 aromatic rings. The molecule has 1 unspecified atom stereocenters. The first-order valence-corrected chi connectivity index (χ1v) is 6.84. The van der Waals surface area contributed by atoms with Crippen molar-refractivity contribution in [1.29, 1.82) is 0 Å². The second-order valence-electron chi connectivity index (χ2n) is 5.23. The van der Waals surface area contributed by atoms with Crippen LogP contribution in [0.5, 0.6) is 0 Å². The van der Waals surface area contributed by atoms with Gasteiger partial charge >= 0.3 is 5.97 Å². The van der Waals surface area contributed by atoms with Gasteiger partial charge in [0.1, 0.15) is 0 Å². The molecule has 0 bridgehead atoms.